The summed E-state index contributed by atoms with van der Waals surface area (Å²) in [6, 6.07) is 5.97. The number of fused-ring (bicyclic) bond motifs is 1. The summed E-state index contributed by atoms with van der Waals surface area (Å²) < 4.78 is 6.51. The molecule has 2 heterocycles. The highest BCUT2D eigenvalue weighted by atomic mass is 32.1. The molecule has 4 rings (SSSR count). The Hall–Kier alpha value is -1.92. The van der Waals surface area contributed by atoms with Gasteiger partial charge in [0.05, 0.1) is 23.4 Å². The van der Waals surface area contributed by atoms with E-state index >= 15 is 0 Å². The van der Waals surface area contributed by atoms with Crippen molar-refractivity contribution in [1.29, 1.82) is 0 Å². The summed E-state index contributed by atoms with van der Waals surface area (Å²) in [5, 5.41) is 4.10. The molecule has 5 nitrogen and oxygen atoms in total. The third-order valence-electron chi connectivity index (χ3n) is 4.57. The van der Waals surface area contributed by atoms with Crippen LogP contribution in [0.3, 0.4) is 0 Å². The lowest BCUT2D eigenvalue weighted by Crippen LogP contribution is -2.36. The first-order valence-corrected chi connectivity index (χ1v) is 9.30. The van der Waals surface area contributed by atoms with Crippen LogP contribution >= 0.6 is 11.3 Å². The number of benzene rings is 1. The summed E-state index contributed by atoms with van der Waals surface area (Å²) in [6.07, 6.45) is 7.03. The van der Waals surface area contributed by atoms with Gasteiger partial charge in [-0.15, -0.1) is 0 Å². The van der Waals surface area contributed by atoms with Crippen LogP contribution in [0.15, 0.2) is 30.4 Å². The van der Waals surface area contributed by atoms with Crippen molar-refractivity contribution in [3.8, 4) is 0 Å². The molecule has 0 saturated carbocycles. The van der Waals surface area contributed by atoms with Gasteiger partial charge in [0.15, 0.2) is 5.13 Å². The Morgan fingerprint density at radius 3 is 2.96 bits per heavy atom. The van der Waals surface area contributed by atoms with Crippen molar-refractivity contribution in [3.05, 3.63) is 30.4 Å². The van der Waals surface area contributed by atoms with Gasteiger partial charge in [-0.25, -0.2) is 4.98 Å². The minimum atomic E-state index is 0.0936. The fourth-order valence-corrected chi connectivity index (χ4v) is 4.21. The molecule has 2 aromatic rings. The van der Waals surface area contributed by atoms with E-state index in [1.165, 1.54) is 0 Å². The summed E-state index contributed by atoms with van der Waals surface area (Å²) in [7, 11) is 0. The highest BCUT2D eigenvalue weighted by Crippen LogP contribution is 2.31. The van der Waals surface area contributed by atoms with Gasteiger partial charge < -0.3 is 15.0 Å². The van der Waals surface area contributed by atoms with E-state index in [1.807, 2.05) is 18.2 Å². The first-order valence-electron chi connectivity index (χ1n) is 8.49. The SMILES string of the molecule is O=C(Nc1ccc2nc(N3CCOCC3)sc2c1)[C@H]1CC=CCC1. The van der Waals surface area contributed by atoms with Gasteiger partial charge in [-0.2, -0.15) is 0 Å². The normalized spacial score (nSPS) is 21.2. The van der Waals surface area contributed by atoms with E-state index in [2.05, 4.69) is 22.4 Å². The van der Waals surface area contributed by atoms with Crippen LogP contribution in [-0.2, 0) is 9.53 Å². The van der Waals surface area contributed by atoms with Crippen LogP contribution in [0.4, 0.5) is 10.8 Å². The molecule has 1 atom stereocenters. The molecule has 0 unspecified atom stereocenters. The summed E-state index contributed by atoms with van der Waals surface area (Å²) in [4.78, 5) is 19.4. The van der Waals surface area contributed by atoms with Gasteiger partial charge in [0.2, 0.25) is 5.91 Å². The first kappa shape index (κ1) is 15.6. The first-order chi connectivity index (χ1) is 11.8. The molecule has 0 spiro atoms. The van der Waals surface area contributed by atoms with Crippen LogP contribution in [0.2, 0.25) is 0 Å². The van der Waals surface area contributed by atoms with Crippen LogP contribution < -0.4 is 10.2 Å². The third kappa shape index (κ3) is 3.30. The molecule has 1 N–H and O–H groups in total. The fraction of sp³-hybridized carbons (Fsp3) is 0.444. The number of hydrogen-bond donors (Lipinski definition) is 1. The molecule has 1 aliphatic carbocycles. The number of carbonyl (C=O) groups excluding carboxylic acids is 1. The number of aromatic nitrogens is 1. The zero-order valence-electron chi connectivity index (χ0n) is 13.5. The molecule has 1 aromatic heterocycles. The molecule has 0 radical (unpaired) electrons. The van der Waals surface area contributed by atoms with Crippen molar-refractivity contribution in [3.63, 3.8) is 0 Å². The molecule has 24 heavy (non-hydrogen) atoms. The molecular formula is C18H21N3O2S. The molecule has 6 heteroatoms. The Balaban J connectivity index is 1.50. The number of nitrogens with one attached hydrogen (secondary N) is 1. The summed E-state index contributed by atoms with van der Waals surface area (Å²) in [5.74, 6) is 0.215. The van der Waals surface area contributed by atoms with E-state index < -0.39 is 0 Å². The maximum atomic E-state index is 12.4. The van der Waals surface area contributed by atoms with Gasteiger partial charge in [0.1, 0.15) is 0 Å². The molecule has 1 amide bonds. The van der Waals surface area contributed by atoms with Gasteiger partial charge in [0, 0.05) is 24.7 Å². The number of allylic oxidation sites excluding steroid dienone is 2. The number of rotatable bonds is 3. The second-order valence-corrected chi connectivity index (χ2v) is 7.26. The van der Waals surface area contributed by atoms with E-state index in [-0.39, 0.29) is 11.8 Å². The maximum Gasteiger partial charge on any atom is 0.227 e. The Bertz CT molecular complexity index is 765. The van der Waals surface area contributed by atoms with Crippen molar-refractivity contribution in [2.45, 2.75) is 19.3 Å². The van der Waals surface area contributed by atoms with E-state index in [9.17, 15) is 4.79 Å². The van der Waals surface area contributed by atoms with Gasteiger partial charge in [-0.3, -0.25) is 4.79 Å². The molecule has 1 aliphatic heterocycles. The minimum Gasteiger partial charge on any atom is -0.378 e. The lowest BCUT2D eigenvalue weighted by atomic mass is 9.93. The van der Waals surface area contributed by atoms with Gasteiger partial charge in [-0.1, -0.05) is 23.5 Å². The summed E-state index contributed by atoms with van der Waals surface area (Å²) in [5.41, 5.74) is 1.85. The number of nitrogens with zero attached hydrogens (tertiary/aromatic N) is 2. The number of morpholine rings is 1. The molecule has 1 saturated heterocycles. The topological polar surface area (TPSA) is 54.5 Å². The van der Waals surface area contributed by atoms with Crippen LogP contribution in [-0.4, -0.2) is 37.2 Å². The second-order valence-electron chi connectivity index (χ2n) is 6.25. The number of amides is 1. The van der Waals surface area contributed by atoms with Crippen LogP contribution in [0, 0.1) is 5.92 Å². The van der Waals surface area contributed by atoms with Crippen LogP contribution in [0.1, 0.15) is 19.3 Å². The predicted molar refractivity (Wildman–Crippen MR) is 97.8 cm³/mol. The average Bonchev–Trinajstić information content (AvgIpc) is 3.06. The number of hydrogen-bond acceptors (Lipinski definition) is 5. The smallest absolute Gasteiger partial charge is 0.227 e. The summed E-state index contributed by atoms with van der Waals surface area (Å²) >= 11 is 1.68. The average molecular weight is 343 g/mol. The number of ether oxygens (including phenoxy) is 1. The second kappa shape index (κ2) is 6.91. The zero-order valence-corrected chi connectivity index (χ0v) is 14.3. The van der Waals surface area contributed by atoms with Gasteiger partial charge in [-0.05, 0) is 37.5 Å². The fourth-order valence-electron chi connectivity index (χ4n) is 3.16. The maximum absolute atomic E-state index is 12.4. The van der Waals surface area contributed by atoms with E-state index in [4.69, 9.17) is 9.72 Å². The molecule has 1 aromatic carbocycles. The lowest BCUT2D eigenvalue weighted by Gasteiger charge is -2.25. The van der Waals surface area contributed by atoms with Crippen molar-refractivity contribution < 1.29 is 9.53 Å². The van der Waals surface area contributed by atoms with Gasteiger partial charge in [0.25, 0.3) is 0 Å². The van der Waals surface area contributed by atoms with E-state index in [1.54, 1.807) is 11.3 Å². The number of anilines is 2. The highest BCUT2D eigenvalue weighted by molar-refractivity contribution is 7.22. The van der Waals surface area contributed by atoms with Crippen LogP contribution in [0.5, 0.6) is 0 Å². The largest absolute Gasteiger partial charge is 0.378 e. The van der Waals surface area contributed by atoms with Gasteiger partial charge >= 0.3 is 0 Å². The minimum absolute atomic E-state index is 0.0936. The monoisotopic (exact) mass is 343 g/mol. The van der Waals surface area contributed by atoms with Crippen molar-refractivity contribution in [2.24, 2.45) is 5.92 Å². The Labute approximate surface area is 145 Å². The zero-order chi connectivity index (χ0) is 16.4. The van der Waals surface area contributed by atoms with Crippen molar-refractivity contribution in [2.75, 3.05) is 36.5 Å². The number of carbonyl (C=O) groups is 1. The molecular weight excluding hydrogens is 322 g/mol. The Morgan fingerprint density at radius 1 is 1.29 bits per heavy atom. The number of thiazole rings is 1. The predicted octanol–water partition coefficient (Wildman–Crippen LogP) is 3.43. The Morgan fingerprint density at radius 2 is 2.17 bits per heavy atom. The Kier molecular flexibility index (Phi) is 4.49. The molecule has 0 bridgehead atoms. The van der Waals surface area contributed by atoms with Crippen LogP contribution in [0.25, 0.3) is 10.2 Å². The lowest BCUT2D eigenvalue weighted by molar-refractivity contribution is -0.120. The van der Waals surface area contributed by atoms with E-state index in [0.29, 0.717) is 0 Å². The molecule has 1 fully saturated rings. The molecule has 2 aliphatic rings. The molecule has 126 valence electrons. The van der Waals surface area contributed by atoms with E-state index in [0.717, 1.165) is 66.6 Å². The highest BCUT2D eigenvalue weighted by Gasteiger charge is 2.19. The van der Waals surface area contributed by atoms with Crippen molar-refractivity contribution in [1.82, 2.24) is 4.98 Å². The third-order valence-corrected chi connectivity index (χ3v) is 5.65. The summed E-state index contributed by atoms with van der Waals surface area (Å²) in [6.45, 7) is 3.29. The van der Waals surface area contributed by atoms with Crippen molar-refractivity contribution >= 4 is 38.3 Å². The quantitative estimate of drug-likeness (QED) is 0.868. The standard InChI is InChI=1S/C18H21N3O2S/c22-17(13-4-2-1-3-5-13)19-14-6-7-15-16(12-14)24-18(20-15)21-8-10-23-11-9-21/h1-2,6-7,12-13H,3-5,8-11H2,(H,19,22)/t13-/m0/s1.